The van der Waals surface area contributed by atoms with Crippen molar-refractivity contribution in [2.45, 2.75) is 19.4 Å². The fourth-order valence-corrected chi connectivity index (χ4v) is 4.30. The highest BCUT2D eigenvalue weighted by Crippen LogP contribution is 2.35. The average Bonchev–Trinajstić information content (AvgIpc) is 2.90. The number of amides is 2. The lowest BCUT2D eigenvalue weighted by Gasteiger charge is -2.32. The fraction of sp³-hybridized carbons (Fsp3) is 0.364. The number of nitrogens with one attached hydrogen (secondary N) is 1. The molecule has 6 nitrogen and oxygen atoms in total. The van der Waals surface area contributed by atoms with Crippen LogP contribution in [0.1, 0.15) is 23.6 Å². The third kappa shape index (κ3) is 4.13. The Morgan fingerprint density at radius 1 is 1.13 bits per heavy atom. The van der Waals surface area contributed by atoms with Crippen molar-refractivity contribution in [2.24, 2.45) is 5.10 Å². The Bertz CT molecular complexity index is 972. The lowest BCUT2D eigenvalue weighted by Crippen LogP contribution is -2.41. The number of nitrogens with zero attached hydrogens (tertiary/aromatic N) is 3. The number of ether oxygens (including phenoxy) is 1. The minimum atomic E-state index is -0.249. The van der Waals surface area contributed by atoms with Crippen molar-refractivity contribution < 1.29 is 9.53 Å². The number of carbonyl (C=O) groups excluding carboxylic acids is 1. The Kier molecular flexibility index (Phi) is 6.18. The molecule has 0 radical (unpaired) electrons. The van der Waals surface area contributed by atoms with Gasteiger partial charge in [-0.15, -0.1) is 0 Å². The van der Waals surface area contributed by atoms with E-state index in [-0.39, 0.29) is 12.1 Å². The van der Waals surface area contributed by atoms with E-state index in [1.165, 1.54) is 5.01 Å². The van der Waals surface area contributed by atoms with Crippen molar-refractivity contribution >= 4 is 40.6 Å². The molecular weight excluding hydrogens is 423 g/mol. The van der Waals surface area contributed by atoms with Gasteiger partial charge in [-0.2, -0.15) is 5.10 Å². The van der Waals surface area contributed by atoms with Crippen molar-refractivity contribution in [3.63, 3.8) is 0 Å². The van der Waals surface area contributed by atoms with Crippen LogP contribution in [0.2, 0.25) is 10.0 Å². The molecule has 2 aromatic rings. The maximum Gasteiger partial charge on any atom is 0.337 e. The van der Waals surface area contributed by atoms with Crippen LogP contribution in [0.25, 0.3) is 0 Å². The summed E-state index contributed by atoms with van der Waals surface area (Å²) in [5.74, 6) is 0. The number of hydrogen-bond acceptors (Lipinski definition) is 4. The van der Waals surface area contributed by atoms with Crippen molar-refractivity contribution in [2.75, 3.05) is 38.3 Å². The number of halogens is 2. The van der Waals surface area contributed by atoms with E-state index in [0.29, 0.717) is 35.4 Å². The van der Waals surface area contributed by atoms with Crippen LogP contribution in [0.3, 0.4) is 0 Å². The lowest BCUT2D eigenvalue weighted by molar-refractivity contribution is 0.122. The van der Waals surface area contributed by atoms with E-state index in [1.54, 1.807) is 7.05 Å². The third-order valence-corrected chi connectivity index (χ3v) is 5.93. The summed E-state index contributed by atoms with van der Waals surface area (Å²) in [7, 11) is 1.61. The number of rotatable bonds is 2. The van der Waals surface area contributed by atoms with E-state index in [9.17, 15) is 4.79 Å². The second-order valence-electron chi connectivity index (χ2n) is 7.46. The van der Waals surface area contributed by atoms with E-state index >= 15 is 0 Å². The van der Waals surface area contributed by atoms with Gasteiger partial charge in [-0.3, -0.25) is 0 Å². The van der Waals surface area contributed by atoms with E-state index in [4.69, 9.17) is 33.0 Å². The van der Waals surface area contributed by atoms with Crippen molar-refractivity contribution in [1.29, 1.82) is 0 Å². The molecule has 0 aromatic heterocycles. The van der Waals surface area contributed by atoms with Gasteiger partial charge in [-0.1, -0.05) is 35.3 Å². The van der Waals surface area contributed by atoms with Crippen LogP contribution in [0, 0.1) is 0 Å². The van der Waals surface area contributed by atoms with Crippen LogP contribution in [0.4, 0.5) is 10.5 Å². The molecule has 1 unspecified atom stereocenters. The molecule has 158 valence electrons. The zero-order chi connectivity index (χ0) is 21.3. The number of morpholine rings is 1. The van der Waals surface area contributed by atoms with Crippen LogP contribution >= 0.6 is 23.2 Å². The summed E-state index contributed by atoms with van der Waals surface area (Å²) in [4.78, 5) is 14.9. The molecule has 1 fully saturated rings. The van der Waals surface area contributed by atoms with E-state index in [0.717, 1.165) is 35.5 Å². The quantitative estimate of drug-likeness (QED) is 0.752. The smallest absolute Gasteiger partial charge is 0.337 e. The second-order valence-corrected chi connectivity index (χ2v) is 8.33. The average molecular weight is 447 g/mol. The topological polar surface area (TPSA) is 57.2 Å². The molecule has 0 saturated carbocycles. The summed E-state index contributed by atoms with van der Waals surface area (Å²) in [6, 6.07) is 11.0. The Hall–Kier alpha value is -2.28. The van der Waals surface area contributed by atoms with Crippen molar-refractivity contribution in [3.05, 3.63) is 63.1 Å². The Morgan fingerprint density at radius 2 is 1.83 bits per heavy atom. The number of fused-ring (bicyclic) bond motifs is 1. The van der Waals surface area contributed by atoms with Crippen molar-refractivity contribution in [1.82, 2.24) is 10.3 Å². The van der Waals surface area contributed by atoms with E-state index < -0.39 is 0 Å². The summed E-state index contributed by atoms with van der Waals surface area (Å²) in [6.07, 6.45) is 0.660. The summed E-state index contributed by atoms with van der Waals surface area (Å²) < 4.78 is 5.53. The Labute approximate surface area is 186 Å². The number of anilines is 1. The second kappa shape index (κ2) is 8.84. The monoisotopic (exact) mass is 446 g/mol. The normalized spacial score (nSPS) is 19.1. The molecule has 2 aliphatic rings. The minimum Gasteiger partial charge on any atom is -0.378 e. The van der Waals surface area contributed by atoms with Gasteiger partial charge in [-0.05, 0) is 43.2 Å². The molecule has 2 aliphatic heterocycles. The van der Waals surface area contributed by atoms with E-state index in [2.05, 4.69) is 10.2 Å². The predicted octanol–water partition coefficient (Wildman–Crippen LogP) is 4.17. The number of benzene rings is 2. The van der Waals surface area contributed by atoms with Gasteiger partial charge in [0.2, 0.25) is 0 Å². The highest BCUT2D eigenvalue weighted by atomic mass is 35.5. The molecular formula is C22H24Cl2N4O2. The molecule has 0 aliphatic carbocycles. The predicted molar refractivity (Wildman–Crippen MR) is 121 cm³/mol. The van der Waals surface area contributed by atoms with Crippen LogP contribution in [-0.4, -0.2) is 56.1 Å². The number of hydrogen-bond donors (Lipinski definition) is 1. The van der Waals surface area contributed by atoms with Gasteiger partial charge in [0.1, 0.15) is 0 Å². The first kappa shape index (κ1) is 21.0. The van der Waals surface area contributed by atoms with Gasteiger partial charge in [-0.25, -0.2) is 9.80 Å². The number of urea groups is 1. The van der Waals surface area contributed by atoms with Crippen LogP contribution in [0.15, 0.2) is 41.5 Å². The molecule has 30 heavy (non-hydrogen) atoms. The molecule has 2 aromatic carbocycles. The molecule has 1 atom stereocenters. The summed E-state index contributed by atoms with van der Waals surface area (Å²) in [5.41, 5.74) is 4.72. The summed E-state index contributed by atoms with van der Waals surface area (Å²) in [6.45, 7) is 4.96. The Morgan fingerprint density at radius 3 is 2.50 bits per heavy atom. The summed E-state index contributed by atoms with van der Waals surface area (Å²) in [5, 5.41) is 10.3. The first-order valence-corrected chi connectivity index (χ1v) is 10.7. The van der Waals surface area contributed by atoms with Gasteiger partial charge in [0.05, 0.1) is 25.0 Å². The molecule has 2 amide bonds. The van der Waals surface area contributed by atoms with Gasteiger partial charge in [0, 0.05) is 47.0 Å². The fourth-order valence-electron chi connectivity index (χ4n) is 3.96. The maximum atomic E-state index is 12.6. The molecule has 4 rings (SSSR count). The van der Waals surface area contributed by atoms with E-state index in [1.807, 2.05) is 43.3 Å². The van der Waals surface area contributed by atoms with Crippen LogP contribution in [-0.2, 0) is 11.2 Å². The van der Waals surface area contributed by atoms with Crippen LogP contribution in [0.5, 0.6) is 0 Å². The SMILES string of the molecule is CNC(=O)N1N=C(c2ccc(Cl)cc2)c2cc(Cl)cc(N3CCOCC3)c2CC1C. The minimum absolute atomic E-state index is 0.130. The first-order valence-electron chi connectivity index (χ1n) is 9.99. The molecule has 8 heteroatoms. The molecule has 0 spiro atoms. The molecule has 0 bridgehead atoms. The third-order valence-electron chi connectivity index (χ3n) is 5.46. The Balaban J connectivity index is 1.91. The number of carbonyl (C=O) groups is 1. The molecule has 1 N–H and O–H groups in total. The summed E-state index contributed by atoms with van der Waals surface area (Å²) >= 11 is 12.7. The standard InChI is InChI=1S/C22H24Cl2N4O2/c1-14-11-18-19(12-17(24)13-20(18)27-7-9-30-10-8-27)21(26-28(14)22(29)25-2)15-3-5-16(23)6-4-15/h3-6,12-14H,7-11H2,1-2H3,(H,25,29). The molecule has 1 saturated heterocycles. The van der Waals surface area contributed by atoms with Gasteiger partial charge >= 0.3 is 6.03 Å². The lowest BCUT2D eigenvalue weighted by atomic mass is 9.92. The maximum absolute atomic E-state index is 12.6. The zero-order valence-corrected chi connectivity index (χ0v) is 18.5. The zero-order valence-electron chi connectivity index (χ0n) is 17.0. The van der Waals surface area contributed by atoms with Crippen molar-refractivity contribution in [3.8, 4) is 0 Å². The number of hydrazone groups is 1. The largest absolute Gasteiger partial charge is 0.378 e. The molecule has 2 heterocycles. The van der Waals surface area contributed by atoms with Crippen LogP contribution < -0.4 is 10.2 Å². The first-order chi connectivity index (χ1) is 14.5. The van der Waals surface area contributed by atoms with Gasteiger partial charge < -0.3 is 15.0 Å². The highest BCUT2D eigenvalue weighted by Gasteiger charge is 2.30. The van der Waals surface area contributed by atoms with Gasteiger partial charge in [0.25, 0.3) is 0 Å². The highest BCUT2D eigenvalue weighted by molar-refractivity contribution is 6.32. The van der Waals surface area contributed by atoms with Gasteiger partial charge in [0.15, 0.2) is 0 Å².